The van der Waals surface area contributed by atoms with Crippen molar-refractivity contribution in [1.82, 2.24) is 9.88 Å². The molecule has 1 aliphatic rings. The van der Waals surface area contributed by atoms with Crippen LogP contribution < -0.4 is 5.32 Å². The Kier molecular flexibility index (Phi) is 5.37. The van der Waals surface area contributed by atoms with Gasteiger partial charge in [0.1, 0.15) is 12.0 Å². The van der Waals surface area contributed by atoms with E-state index in [1.165, 1.54) is 17.0 Å². The van der Waals surface area contributed by atoms with Crippen molar-refractivity contribution in [1.29, 1.82) is 0 Å². The standard InChI is InChI=1S/C21H24N4O4/c1-13-9-14(2)18-15(10-13)11-21(3,4)20(27)24(19(18)26)8-7-22-17-6-5-16(12-23-17)25(28)29/h5-6,9-10,12H,7-8,11H2,1-4H3,(H,22,23). The van der Waals surface area contributed by atoms with E-state index in [1.807, 2.05) is 39.8 Å². The summed E-state index contributed by atoms with van der Waals surface area (Å²) in [6.45, 7) is 8.05. The number of carbonyl (C=O) groups is 2. The second kappa shape index (κ2) is 7.62. The van der Waals surface area contributed by atoms with Crippen LogP contribution in [-0.2, 0) is 11.2 Å². The second-order valence-electron chi connectivity index (χ2n) is 8.02. The van der Waals surface area contributed by atoms with Gasteiger partial charge in [-0.15, -0.1) is 0 Å². The molecule has 0 unspecified atom stereocenters. The third-order valence-corrected chi connectivity index (χ3v) is 5.08. The first kappa shape index (κ1) is 20.4. The van der Waals surface area contributed by atoms with Gasteiger partial charge in [0.2, 0.25) is 5.91 Å². The Morgan fingerprint density at radius 3 is 2.59 bits per heavy atom. The molecule has 0 bridgehead atoms. The Bertz CT molecular complexity index is 983. The molecule has 8 nitrogen and oxygen atoms in total. The van der Waals surface area contributed by atoms with E-state index < -0.39 is 10.3 Å². The van der Waals surface area contributed by atoms with Crippen molar-refractivity contribution < 1.29 is 14.5 Å². The predicted molar refractivity (Wildman–Crippen MR) is 109 cm³/mol. The average Bonchev–Trinajstić information content (AvgIpc) is 2.70. The topological polar surface area (TPSA) is 105 Å². The second-order valence-corrected chi connectivity index (χ2v) is 8.02. The van der Waals surface area contributed by atoms with Crippen molar-refractivity contribution >= 4 is 23.3 Å². The number of imide groups is 1. The summed E-state index contributed by atoms with van der Waals surface area (Å²) in [6, 6.07) is 6.79. The molecule has 0 atom stereocenters. The van der Waals surface area contributed by atoms with Crippen molar-refractivity contribution in [2.45, 2.75) is 34.1 Å². The fraction of sp³-hybridized carbons (Fsp3) is 0.381. The van der Waals surface area contributed by atoms with E-state index >= 15 is 0 Å². The summed E-state index contributed by atoms with van der Waals surface area (Å²) in [4.78, 5) is 41.8. The highest BCUT2D eigenvalue weighted by molar-refractivity contribution is 6.09. The minimum Gasteiger partial charge on any atom is -0.368 e. The highest BCUT2D eigenvalue weighted by Crippen LogP contribution is 2.33. The Morgan fingerprint density at radius 1 is 1.24 bits per heavy atom. The van der Waals surface area contributed by atoms with Crippen LogP contribution >= 0.6 is 0 Å². The zero-order valence-electron chi connectivity index (χ0n) is 17.0. The van der Waals surface area contributed by atoms with Gasteiger partial charge in [0.15, 0.2) is 0 Å². The van der Waals surface area contributed by atoms with E-state index in [0.29, 0.717) is 24.3 Å². The Labute approximate surface area is 169 Å². The molecule has 8 heteroatoms. The molecule has 0 spiro atoms. The summed E-state index contributed by atoms with van der Waals surface area (Å²) in [5, 5.41) is 13.7. The van der Waals surface area contributed by atoms with E-state index in [9.17, 15) is 19.7 Å². The number of aryl methyl sites for hydroxylation is 2. The van der Waals surface area contributed by atoms with Crippen LogP contribution in [0.3, 0.4) is 0 Å². The third-order valence-electron chi connectivity index (χ3n) is 5.08. The summed E-state index contributed by atoms with van der Waals surface area (Å²) < 4.78 is 0. The molecule has 1 aromatic carbocycles. The molecule has 2 aromatic rings. The van der Waals surface area contributed by atoms with Crippen molar-refractivity contribution in [3.05, 3.63) is 62.8 Å². The third kappa shape index (κ3) is 4.11. The molecule has 1 N–H and O–H groups in total. The molecule has 2 amide bonds. The smallest absolute Gasteiger partial charge is 0.287 e. The zero-order chi connectivity index (χ0) is 21.3. The predicted octanol–water partition coefficient (Wildman–Crippen LogP) is 3.27. The summed E-state index contributed by atoms with van der Waals surface area (Å²) >= 11 is 0. The number of hydrogen-bond acceptors (Lipinski definition) is 6. The quantitative estimate of drug-likeness (QED) is 0.472. The zero-order valence-corrected chi connectivity index (χ0v) is 17.0. The van der Waals surface area contributed by atoms with Gasteiger partial charge in [-0.3, -0.25) is 24.6 Å². The molecular weight excluding hydrogens is 372 g/mol. The number of pyridine rings is 1. The number of hydrogen-bond donors (Lipinski definition) is 1. The maximum absolute atomic E-state index is 13.2. The van der Waals surface area contributed by atoms with E-state index in [0.717, 1.165) is 22.9 Å². The maximum Gasteiger partial charge on any atom is 0.287 e. The van der Waals surface area contributed by atoms with E-state index in [4.69, 9.17) is 0 Å². The van der Waals surface area contributed by atoms with Crippen LogP contribution in [0.5, 0.6) is 0 Å². The van der Waals surface area contributed by atoms with E-state index in [2.05, 4.69) is 10.3 Å². The minimum absolute atomic E-state index is 0.0995. The van der Waals surface area contributed by atoms with Gasteiger partial charge in [0, 0.05) is 30.1 Å². The van der Waals surface area contributed by atoms with Gasteiger partial charge in [0.25, 0.3) is 11.6 Å². The van der Waals surface area contributed by atoms with Crippen LogP contribution in [0.25, 0.3) is 0 Å². The lowest BCUT2D eigenvalue weighted by molar-refractivity contribution is -0.385. The highest BCUT2D eigenvalue weighted by atomic mass is 16.6. The minimum atomic E-state index is -0.702. The van der Waals surface area contributed by atoms with Crippen molar-refractivity contribution in [2.24, 2.45) is 5.41 Å². The van der Waals surface area contributed by atoms with Crippen LogP contribution in [0.4, 0.5) is 11.5 Å². The van der Waals surface area contributed by atoms with Gasteiger partial charge < -0.3 is 5.32 Å². The van der Waals surface area contributed by atoms with Crippen molar-refractivity contribution in [3.63, 3.8) is 0 Å². The van der Waals surface area contributed by atoms with Crippen LogP contribution in [0, 0.1) is 29.4 Å². The lowest BCUT2D eigenvalue weighted by Gasteiger charge is -2.27. The number of rotatable bonds is 5. The number of nitrogens with one attached hydrogen (secondary N) is 1. The number of amides is 2. The first-order chi connectivity index (χ1) is 13.6. The van der Waals surface area contributed by atoms with Crippen molar-refractivity contribution in [3.8, 4) is 0 Å². The lowest BCUT2D eigenvalue weighted by atomic mass is 9.83. The fourth-order valence-corrected chi connectivity index (χ4v) is 3.74. The molecule has 1 aromatic heterocycles. The van der Waals surface area contributed by atoms with Crippen LogP contribution in [0.2, 0.25) is 0 Å². The number of nitrogens with zero attached hydrogens (tertiary/aromatic N) is 3. The van der Waals surface area contributed by atoms with E-state index in [-0.39, 0.29) is 24.0 Å². The molecule has 1 aliphatic heterocycles. The van der Waals surface area contributed by atoms with Gasteiger partial charge in [-0.2, -0.15) is 0 Å². The number of anilines is 1. The molecule has 0 fully saturated rings. The number of fused-ring (bicyclic) bond motifs is 1. The average molecular weight is 396 g/mol. The molecule has 29 heavy (non-hydrogen) atoms. The largest absolute Gasteiger partial charge is 0.368 e. The number of benzene rings is 1. The normalized spacial score (nSPS) is 15.7. The van der Waals surface area contributed by atoms with Gasteiger partial charge >= 0.3 is 0 Å². The first-order valence-corrected chi connectivity index (χ1v) is 9.41. The molecule has 3 rings (SSSR count). The van der Waals surface area contributed by atoms with Gasteiger partial charge in [-0.25, -0.2) is 4.98 Å². The molecule has 152 valence electrons. The monoisotopic (exact) mass is 396 g/mol. The number of nitro groups is 1. The molecule has 0 aliphatic carbocycles. The number of aromatic nitrogens is 1. The summed E-state index contributed by atoms with van der Waals surface area (Å²) in [6.07, 6.45) is 1.67. The molecule has 0 saturated heterocycles. The van der Waals surface area contributed by atoms with Gasteiger partial charge in [-0.05, 0) is 37.5 Å². The van der Waals surface area contributed by atoms with Crippen LogP contribution in [0.15, 0.2) is 30.5 Å². The Hall–Kier alpha value is -3.29. The first-order valence-electron chi connectivity index (χ1n) is 9.41. The molecule has 0 saturated carbocycles. The summed E-state index contributed by atoms with van der Waals surface area (Å²) in [5.74, 6) is -0.0578. The number of carbonyl (C=O) groups excluding carboxylic acids is 2. The highest BCUT2D eigenvalue weighted by Gasteiger charge is 2.40. The Morgan fingerprint density at radius 2 is 1.97 bits per heavy atom. The summed E-state index contributed by atoms with van der Waals surface area (Å²) in [7, 11) is 0. The SMILES string of the molecule is Cc1cc(C)c2c(c1)CC(C)(C)C(=O)N(CCNc1ccc([N+](=O)[O-])cn1)C2=O. The fourth-order valence-electron chi connectivity index (χ4n) is 3.74. The Balaban J connectivity index is 1.81. The van der Waals surface area contributed by atoms with E-state index in [1.54, 1.807) is 0 Å². The van der Waals surface area contributed by atoms with Crippen LogP contribution in [0.1, 0.15) is 40.9 Å². The molecular formula is C21H24N4O4. The molecule has 0 radical (unpaired) electrons. The van der Waals surface area contributed by atoms with Gasteiger partial charge in [-0.1, -0.05) is 31.5 Å². The van der Waals surface area contributed by atoms with Crippen molar-refractivity contribution in [2.75, 3.05) is 18.4 Å². The van der Waals surface area contributed by atoms with Crippen LogP contribution in [-0.4, -0.2) is 39.7 Å². The van der Waals surface area contributed by atoms with Gasteiger partial charge in [0.05, 0.1) is 4.92 Å². The lowest BCUT2D eigenvalue weighted by Crippen LogP contribution is -2.45. The molecule has 2 heterocycles. The maximum atomic E-state index is 13.2. The summed E-state index contributed by atoms with van der Waals surface area (Å²) in [5.41, 5.74) is 2.63.